The van der Waals surface area contributed by atoms with E-state index in [2.05, 4.69) is 20.9 Å². The van der Waals surface area contributed by atoms with E-state index in [1.165, 1.54) is 5.56 Å². The van der Waals surface area contributed by atoms with Crippen LogP contribution in [-0.2, 0) is 11.2 Å². The van der Waals surface area contributed by atoms with Crippen molar-refractivity contribution >= 4 is 41.5 Å². The molecule has 0 aliphatic carbocycles. The highest BCUT2D eigenvalue weighted by Gasteiger charge is 2.11. The molecular formula is C21H27IN4O3. The van der Waals surface area contributed by atoms with Crippen LogP contribution in [0.25, 0.3) is 0 Å². The van der Waals surface area contributed by atoms with Crippen LogP contribution in [0.1, 0.15) is 12.0 Å². The molecule has 7 nitrogen and oxygen atoms in total. The van der Waals surface area contributed by atoms with Gasteiger partial charge in [0.2, 0.25) is 5.91 Å². The van der Waals surface area contributed by atoms with Crippen molar-refractivity contribution < 1.29 is 14.3 Å². The van der Waals surface area contributed by atoms with Crippen LogP contribution >= 0.6 is 24.0 Å². The number of hydrogen-bond acceptors (Lipinski definition) is 4. The molecule has 3 N–H and O–H groups in total. The van der Waals surface area contributed by atoms with E-state index < -0.39 is 0 Å². The van der Waals surface area contributed by atoms with Crippen molar-refractivity contribution in [3.8, 4) is 11.5 Å². The number of anilines is 1. The lowest BCUT2D eigenvalue weighted by Gasteiger charge is -2.14. The SMILES string of the molecule is CN=C(NCC(=O)NCCc1ccccc1)Nc1ccc2c(c1)OCCCO2.I. The first-order valence-electron chi connectivity index (χ1n) is 9.42. The summed E-state index contributed by atoms with van der Waals surface area (Å²) in [5.74, 6) is 1.87. The fourth-order valence-corrected chi connectivity index (χ4v) is 2.77. The Morgan fingerprint density at radius 3 is 2.55 bits per heavy atom. The summed E-state index contributed by atoms with van der Waals surface area (Å²) < 4.78 is 11.3. The Hall–Kier alpha value is -2.49. The van der Waals surface area contributed by atoms with Crippen molar-refractivity contribution in [1.82, 2.24) is 10.6 Å². The van der Waals surface area contributed by atoms with Crippen LogP contribution in [0, 0.1) is 0 Å². The number of carbonyl (C=O) groups is 1. The molecule has 0 fully saturated rings. The first kappa shape index (κ1) is 22.8. The third kappa shape index (κ3) is 7.45. The number of halogens is 1. The molecule has 0 unspecified atom stereocenters. The van der Waals surface area contributed by atoms with Gasteiger partial charge in [0.15, 0.2) is 17.5 Å². The van der Waals surface area contributed by atoms with Gasteiger partial charge in [-0.15, -0.1) is 24.0 Å². The Morgan fingerprint density at radius 2 is 1.79 bits per heavy atom. The smallest absolute Gasteiger partial charge is 0.239 e. The van der Waals surface area contributed by atoms with E-state index in [4.69, 9.17) is 9.47 Å². The van der Waals surface area contributed by atoms with E-state index in [1.54, 1.807) is 7.05 Å². The van der Waals surface area contributed by atoms with Crippen molar-refractivity contribution in [3.63, 3.8) is 0 Å². The van der Waals surface area contributed by atoms with Crippen LogP contribution in [0.4, 0.5) is 5.69 Å². The first-order chi connectivity index (χ1) is 13.7. The summed E-state index contributed by atoms with van der Waals surface area (Å²) in [5.41, 5.74) is 2.00. The van der Waals surface area contributed by atoms with Crippen LogP contribution < -0.4 is 25.4 Å². The van der Waals surface area contributed by atoms with Crippen molar-refractivity contribution in [2.75, 3.05) is 38.7 Å². The summed E-state index contributed by atoms with van der Waals surface area (Å²) in [5, 5.41) is 9.07. The maximum Gasteiger partial charge on any atom is 0.239 e. The van der Waals surface area contributed by atoms with E-state index in [0.29, 0.717) is 31.5 Å². The molecule has 2 aromatic rings. The van der Waals surface area contributed by atoms with Gasteiger partial charge in [-0.3, -0.25) is 9.79 Å². The predicted octanol–water partition coefficient (Wildman–Crippen LogP) is 2.81. The van der Waals surface area contributed by atoms with Gasteiger partial charge >= 0.3 is 0 Å². The molecule has 0 bridgehead atoms. The summed E-state index contributed by atoms with van der Waals surface area (Å²) in [7, 11) is 1.66. The Kier molecular flexibility index (Phi) is 9.55. The third-order valence-corrected chi connectivity index (χ3v) is 4.23. The number of hydrogen-bond donors (Lipinski definition) is 3. The lowest BCUT2D eigenvalue weighted by Crippen LogP contribution is -2.40. The molecule has 1 amide bonds. The van der Waals surface area contributed by atoms with E-state index in [-0.39, 0.29) is 36.4 Å². The van der Waals surface area contributed by atoms with Crippen molar-refractivity contribution in [2.45, 2.75) is 12.8 Å². The molecule has 0 aromatic heterocycles. The standard InChI is InChI=1S/C21H26N4O3.HI/c1-22-21(24-15-20(26)23-11-10-16-6-3-2-4-7-16)25-17-8-9-18-19(14-17)28-13-5-12-27-18;/h2-4,6-9,14H,5,10-13,15H2,1H3,(H,23,26)(H2,22,24,25);1H. The lowest BCUT2D eigenvalue weighted by atomic mass is 10.1. The van der Waals surface area contributed by atoms with Crippen LogP contribution in [0.15, 0.2) is 53.5 Å². The zero-order valence-electron chi connectivity index (χ0n) is 16.4. The minimum Gasteiger partial charge on any atom is -0.490 e. The zero-order valence-corrected chi connectivity index (χ0v) is 18.8. The molecule has 1 aliphatic rings. The molecular weight excluding hydrogens is 483 g/mol. The fourth-order valence-electron chi connectivity index (χ4n) is 2.77. The monoisotopic (exact) mass is 510 g/mol. The number of rotatable bonds is 6. The average Bonchev–Trinajstić information content (AvgIpc) is 2.97. The van der Waals surface area contributed by atoms with Gasteiger partial charge in [0.05, 0.1) is 19.8 Å². The number of nitrogens with one attached hydrogen (secondary N) is 3. The van der Waals surface area contributed by atoms with E-state index in [9.17, 15) is 4.79 Å². The number of amides is 1. The topological polar surface area (TPSA) is 84.0 Å². The van der Waals surface area contributed by atoms with Crippen LogP contribution in [0.5, 0.6) is 11.5 Å². The van der Waals surface area contributed by atoms with E-state index in [0.717, 1.165) is 24.3 Å². The molecule has 0 radical (unpaired) electrons. The van der Waals surface area contributed by atoms with Gasteiger partial charge in [-0.25, -0.2) is 0 Å². The Morgan fingerprint density at radius 1 is 1.03 bits per heavy atom. The Balaban J connectivity index is 0.00000300. The van der Waals surface area contributed by atoms with Crippen molar-refractivity contribution in [1.29, 1.82) is 0 Å². The second-order valence-electron chi connectivity index (χ2n) is 6.35. The maximum atomic E-state index is 12.0. The van der Waals surface area contributed by atoms with Crippen LogP contribution in [0.3, 0.4) is 0 Å². The van der Waals surface area contributed by atoms with Gasteiger partial charge in [-0.1, -0.05) is 30.3 Å². The quantitative estimate of drug-likeness (QED) is 0.316. The molecule has 156 valence electrons. The van der Waals surface area contributed by atoms with E-state index in [1.807, 2.05) is 48.5 Å². The average molecular weight is 510 g/mol. The molecule has 1 heterocycles. The van der Waals surface area contributed by atoms with Crippen LogP contribution in [0.2, 0.25) is 0 Å². The largest absolute Gasteiger partial charge is 0.490 e. The molecule has 29 heavy (non-hydrogen) atoms. The Labute approximate surface area is 188 Å². The van der Waals surface area contributed by atoms with Gasteiger partial charge < -0.3 is 25.4 Å². The van der Waals surface area contributed by atoms with Gasteiger partial charge in [0, 0.05) is 31.8 Å². The summed E-state index contributed by atoms with van der Waals surface area (Å²) in [6.07, 6.45) is 1.66. The number of carbonyl (C=O) groups excluding carboxylic acids is 1. The van der Waals surface area contributed by atoms with Crippen molar-refractivity contribution in [3.05, 3.63) is 54.1 Å². The van der Waals surface area contributed by atoms with Crippen LogP contribution in [-0.4, -0.2) is 45.2 Å². The van der Waals surface area contributed by atoms with E-state index >= 15 is 0 Å². The number of aliphatic imine (C=N–C) groups is 1. The highest BCUT2D eigenvalue weighted by atomic mass is 127. The van der Waals surface area contributed by atoms with Gasteiger partial charge in [0.1, 0.15) is 0 Å². The predicted molar refractivity (Wildman–Crippen MR) is 126 cm³/mol. The second-order valence-corrected chi connectivity index (χ2v) is 6.35. The molecule has 2 aromatic carbocycles. The zero-order chi connectivity index (χ0) is 19.6. The third-order valence-electron chi connectivity index (χ3n) is 4.23. The first-order valence-corrected chi connectivity index (χ1v) is 9.42. The molecule has 1 aliphatic heterocycles. The highest BCUT2D eigenvalue weighted by Crippen LogP contribution is 2.32. The number of nitrogens with zero attached hydrogens (tertiary/aromatic N) is 1. The summed E-state index contributed by atoms with van der Waals surface area (Å²) in [4.78, 5) is 16.2. The molecule has 0 saturated heterocycles. The molecule has 0 spiro atoms. The number of benzene rings is 2. The lowest BCUT2D eigenvalue weighted by molar-refractivity contribution is -0.119. The van der Waals surface area contributed by atoms with Crippen molar-refractivity contribution in [2.24, 2.45) is 4.99 Å². The van der Waals surface area contributed by atoms with Gasteiger partial charge in [0.25, 0.3) is 0 Å². The van der Waals surface area contributed by atoms with Gasteiger partial charge in [-0.2, -0.15) is 0 Å². The minimum absolute atomic E-state index is 0. The maximum absolute atomic E-state index is 12.0. The number of fused-ring (bicyclic) bond motifs is 1. The summed E-state index contributed by atoms with van der Waals surface area (Å²) in [6.45, 7) is 2.02. The minimum atomic E-state index is -0.0856. The van der Waals surface area contributed by atoms with Gasteiger partial charge in [-0.05, 0) is 24.1 Å². The molecule has 0 saturated carbocycles. The second kappa shape index (κ2) is 12.2. The molecule has 0 atom stereocenters. The number of ether oxygens (including phenoxy) is 2. The Bertz CT molecular complexity index is 815. The molecule has 8 heteroatoms. The number of guanidine groups is 1. The highest BCUT2D eigenvalue weighted by molar-refractivity contribution is 14.0. The summed E-state index contributed by atoms with van der Waals surface area (Å²) in [6, 6.07) is 15.7. The fraction of sp³-hybridized carbons (Fsp3) is 0.333. The normalized spacial score (nSPS) is 12.9. The molecule has 3 rings (SSSR count). The summed E-state index contributed by atoms with van der Waals surface area (Å²) >= 11 is 0.